The molecule has 0 atom stereocenters. The van der Waals surface area contributed by atoms with Crippen LogP contribution in [0.25, 0.3) is 60.9 Å². The van der Waals surface area contributed by atoms with Gasteiger partial charge in [-0.3, -0.25) is 0 Å². The molecule has 9 aromatic rings. The summed E-state index contributed by atoms with van der Waals surface area (Å²) < 4.78 is 2.45. The Labute approximate surface area is 320 Å². The second-order valence-electron chi connectivity index (χ2n) is 15.0. The van der Waals surface area contributed by atoms with Gasteiger partial charge in [-0.25, -0.2) is 0 Å². The maximum Gasteiger partial charge on any atom is 0.0602 e. The quantitative estimate of drug-likeness (QED) is 0.180. The van der Waals surface area contributed by atoms with Gasteiger partial charge in [0.1, 0.15) is 0 Å². The summed E-state index contributed by atoms with van der Waals surface area (Å²) in [4.78, 5) is 4.92. The number of aromatic nitrogens is 1. The predicted octanol–water partition coefficient (Wildman–Crippen LogP) is 14.4. The standard InChI is InChI=1S/C51H36N2S/c1-51(2)43-16-8-6-14-39(43)41-32-38(26-27-44(41)51)53-45-17-9-7-15-40(45)42-30-35(22-28-46(42)53)36-23-29-48-50(31-36)54-49-19-11-10-18-47(49)52(48)37-24-20-34(21-25-37)33-12-4-3-5-13-33/h3-32H,1-2H3. The molecule has 0 radical (unpaired) electrons. The van der Waals surface area contributed by atoms with Crippen LogP contribution in [0.2, 0.25) is 0 Å². The third kappa shape index (κ3) is 4.68. The molecule has 1 aliphatic carbocycles. The number of hydrogen-bond acceptors (Lipinski definition) is 2. The number of anilines is 3. The number of benzene rings is 8. The minimum Gasteiger partial charge on any atom is -0.309 e. The largest absolute Gasteiger partial charge is 0.309 e. The first-order chi connectivity index (χ1) is 26.5. The van der Waals surface area contributed by atoms with Gasteiger partial charge in [-0.15, -0.1) is 0 Å². The molecule has 256 valence electrons. The Hall–Kier alpha value is -6.29. The van der Waals surface area contributed by atoms with Crippen LogP contribution < -0.4 is 4.90 Å². The van der Waals surface area contributed by atoms with Crippen molar-refractivity contribution in [2.24, 2.45) is 0 Å². The lowest BCUT2D eigenvalue weighted by Crippen LogP contribution is -2.14. The molecular weight excluding hydrogens is 673 g/mol. The second kappa shape index (κ2) is 11.9. The van der Waals surface area contributed by atoms with Gasteiger partial charge in [-0.05, 0) is 111 Å². The Morgan fingerprint density at radius 3 is 1.93 bits per heavy atom. The van der Waals surface area contributed by atoms with Crippen LogP contribution in [0.15, 0.2) is 192 Å². The summed E-state index contributed by atoms with van der Waals surface area (Å²) >= 11 is 1.86. The Balaban J connectivity index is 1.01. The third-order valence-corrected chi connectivity index (χ3v) is 12.7. The first kappa shape index (κ1) is 31.3. The van der Waals surface area contributed by atoms with Crippen molar-refractivity contribution in [2.45, 2.75) is 29.1 Å². The van der Waals surface area contributed by atoms with E-state index >= 15 is 0 Å². The molecule has 0 fully saturated rings. The van der Waals surface area contributed by atoms with E-state index in [9.17, 15) is 0 Å². The summed E-state index contributed by atoms with van der Waals surface area (Å²) in [6, 6.07) is 67.1. The number of fused-ring (bicyclic) bond motifs is 8. The highest BCUT2D eigenvalue weighted by atomic mass is 32.2. The van der Waals surface area contributed by atoms with Gasteiger partial charge in [0.25, 0.3) is 0 Å². The summed E-state index contributed by atoms with van der Waals surface area (Å²) in [7, 11) is 0. The van der Waals surface area contributed by atoms with Gasteiger partial charge < -0.3 is 9.47 Å². The highest BCUT2D eigenvalue weighted by molar-refractivity contribution is 7.99. The van der Waals surface area contributed by atoms with E-state index in [1.807, 2.05) is 11.8 Å². The van der Waals surface area contributed by atoms with Crippen molar-refractivity contribution >= 4 is 50.6 Å². The Morgan fingerprint density at radius 2 is 1.04 bits per heavy atom. The lowest BCUT2D eigenvalue weighted by molar-refractivity contribution is 0.660. The fourth-order valence-electron chi connectivity index (χ4n) is 8.93. The van der Waals surface area contributed by atoms with Crippen molar-refractivity contribution in [3.63, 3.8) is 0 Å². The Morgan fingerprint density at radius 1 is 0.407 bits per heavy atom. The minimum atomic E-state index is -0.0144. The highest BCUT2D eigenvalue weighted by Gasteiger charge is 2.35. The van der Waals surface area contributed by atoms with Crippen molar-refractivity contribution in [1.29, 1.82) is 0 Å². The molecule has 2 aliphatic rings. The Kier molecular flexibility index (Phi) is 6.87. The molecule has 0 N–H and O–H groups in total. The molecular formula is C51H36N2S. The maximum absolute atomic E-state index is 2.45. The molecule has 0 spiro atoms. The zero-order valence-corrected chi connectivity index (χ0v) is 30.9. The monoisotopic (exact) mass is 708 g/mol. The van der Waals surface area contributed by atoms with E-state index in [4.69, 9.17) is 0 Å². The number of rotatable bonds is 4. The summed E-state index contributed by atoms with van der Waals surface area (Å²) in [6.07, 6.45) is 0. The molecule has 0 saturated carbocycles. The topological polar surface area (TPSA) is 8.17 Å². The fourth-order valence-corrected chi connectivity index (χ4v) is 10.0. The van der Waals surface area contributed by atoms with Crippen molar-refractivity contribution in [1.82, 2.24) is 4.57 Å². The van der Waals surface area contributed by atoms with Gasteiger partial charge in [0.05, 0.1) is 22.4 Å². The van der Waals surface area contributed by atoms with Crippen LogP contribution in [-0.4, -0.2) is 4.57 Å². The van der Waals surface area contributed by atoms with Crippen molar-refractivity contribution in [3.05, 3.63) is 193 Å². The average Bonchev–Trinajstić information content (AvgIpc) is 3.68. The zero-order chi connectivity index (χ0) is 36.0. The lowest BCUT2D eigenvalue weighted by Gasteiger charge is -2.33. The van der Waals surface area contributed by atoms with Crippen LogP contribution in [0.3, 0.4) is 0 Å². The van der Waals surface area contributed by atoms with Crippen LogP contribution in [0.1, 0.15) is 25.0 Å². The minimum absolute atomic E-state index is 0.0144. The molecule has 0 saturated heterocycles. The van der Waals surface area contributed by atoms with Gasteiger partial charge in [-0.1, -0.05) is 141 Å². The zero-order valence-electron chi connectivity index (χ0n) is 30.1. The molecule has 8 aromatic carbocycles. The van der Waals surface area contributed by atoms with Crippen molar-refractivity contribution in [3.8, 4) is 39.1 Å². The van der Waals surface area contributed by atoms with Crippen molar-refractivity contribution in [2.75, 3.05) is 4.90 Å². The second-order valence-corrected chi connectivity index (χ2v) is 16.1. The molecule has 1 aromatic heterocycles. The van der Waals surface area contributed by atoms with E-state index in [1.54, 1.807) is 0 Å². The molecule has 54 heavy (non-hydrogen) atoms. The van der Waals surface area contributed by atoms with E-state index in [2.05, 4.69) is 205 Å². The maximum atomic E-state index is 2.45. The summed E-state index contributed by atoms with van der Waals surface area (Å²) in [5.74, 6) is 0. The van der Waals surface area contributed by atoms with Gasteiger partial charge >= 0.3 is 0 Å². The molecule has 0 amide bonds. The van der Waals surface area contributed by atoms with E-state index in [0.717, 1.165) is 5.69 Å². The van der Waals surface area contributed by atoms with E-state index in [1.165, 1.54) is 93.2 Å². The number of nitrogens with zero attached hydrogens (tertiary/aromatic N) is 2. The lowest BCUT2D eigenvalue weighted by atomic mass is 9.82. The molecule has 2 nitrogen and oxygen atoms in total. The van der Waals surface area contributed by atoms with Crippen LogP contribution in [0, 0.1) is 0 Å². The number of para-hydroxylation sites is 2. The molecule has 11 rings (SSSR count). The summed E-state index contributed by atoms with van der Waals surface area (Å²) in [5.41, 5.74) is 17.6. The van der Waals surface area contributed by atoms with Crippen LogP contribution in [0.5, 0.6) is 0 Å². The van der Waals surface area contributed by atoms with Crippen LogP contribution in [-0.2, 0) is 5.41 Å². The molecule has 0 unspecified atom stereocenters. The summed E-state index contributed by atoms with van der Waals surface area (Å²) in [5, 5.41) is 2.53. The Bertz CT molecular complexity index is 2940. The molecule has 2 heterocycles. The van der Waals surface area contributed by atoms with Gasteiger partial charge in [0.15, 0.2) is 0 Å². The fraction of sp³-hybridized carbons (Fsp3) is 0.0588. The normalized spacial score (nSPS) is 13.8. The average molecular weight is 709 g/mol. The highest BCUT2D eigenvalue weighted by Crippen LogP contribution is 2.53. The number of hydrogen-bond donors (Lipinski definition) is 0. The van der Waals surface area contributed by atoms with Crippen LogP contribution >= 0.6 is 11.8 Å². The first-order valence-electron chi connectivity index (χ1n) is 18.7. The van der Waals surface area contributed by atoms with Gasteiger partial charge in [0, 0.05) is 37.4 Å². The van der Waals surface area contributed by atoms with Crippen molar-refractivity contribution < 1.29 is 0 Å². The van der Waals surface area contributed by atoms with Crippen LogP contribution in [0.4, 0.5) is 17.1 Å². The predicted molar refractivity (Wildman–Crippen MR) is 228 cm³/mol. The molecule has 3 heteroatoms. The van der Waals surface area contributed by atoms with Gasteiger partial charge in [0.2, 0.25) is 0 Å². The van der Waals surface area contributed by atoms with E-state index in [0.29, 0.717) is 0 Å². The van der Waals surface area contributed by atoms with Gasteiger partial charge in [-0.2, -0.15) is 0 Å². The van der Waals surface area contributed by atoms with E-state index in [-0.39, 0.29) is 5.41 Å². The van der Waals surface area contributed by atoms with E-state index < -0.39 is 0 Å². The third-order valence-electron chi connectivity index (χ3n) is 11.6. The SMILES string of the molecule is CC1(C)c2ccccc2-c2cc(-n3c4ccccc4c4cc(-c5ccc6c(c5)Sc5ccccc5N6c5ccc(-c6ccccc6)cc5)ccc43)ccc21. The molecule has 1 aliphatic heterocycles. The summed E-state index contributed by atoms with van der Waals surface area (Å²) in [6.45, 7) is 4.69. The smallest absolute Gasteiger partial charge is 0.0602 e. The first-order valence-corrected chi connectivity index (χ1v) is 19.5. The molecule has 0 bridgehead atoms.